The minimum atomic E-state index is 0.0600. The smallest absolute Gasteiger partial charge is 0.237 e. The molecular formula is C18H26ClN3O. The van der Waals surface area contributed by atoms with Crippen molar-refractivity contribution in [2.75, 3.05) is 12.4 Å². The molecule has 23 heavy (non-hydrogen) atoms. The third kappa shape index (κ3) is 3.15. The van der Waals surface area contributed by atoms with E-state index in [1.807, 2.05) is 11.1 Å². The molecule has 1 aromatic rings. The van der Waals surface area contributed by atoms with Crippen molar-refractivity contribution < 1.29 is 4.79 Å². The van der Waals surface area contributed by atoms with Crippen LogP contribution in [0.5, 0.6) is 0 Å². The van der Waals surface area contributed by atoms with Crippen molar-refractivity contribution >= 4 is 17.5 Å². The van der Waals surface area contributed by atoms with E-state index in [0.29, 0.717) is 23.9 Å². The highest BCUT2D eigenvalue weighted by molar-refractivity contribution is 6.27. The van der Waals surface area contributed by atoms with E-state index in [1.54, 1.807) is 0 Å². The maximum atomic E-state index is 12.3. The molecule has 3 saturated carbocycles. The Balaban J connectivity index is 1.43. The van der Waals surface area contributed by atoms with Gasteiger partial charge in [0.15, 0.2) is 0 Å². The van der Waals surface area contributed by atoms with Crippen molar-refractivity contribution in [2.24, 2.45) is 11.3 Å². The normalized spacial score (nSPS) is 25.5. The lowest BCUT2D eigenvalue weighted by molar-refractivity contribution is -0.129. The highest BCUT2D eigenvalue weighted by Gasteiger charge is 2.48. The molecular weight excluding hydrogens is 310 g/mol. The van der Waals surface area contributed by atoms with Gasteiger partial charge in [-0.1, -0.05) is 0 Å². The molecule has 3 aliphatic carbocycles. The first-order valence-corrected chi connectivity index (χ1v) is 9.59. The van der Waals surface area contributed by atoms with Gasteiger partial charge in [0.1, 0.15) is 5.88 Å². The maximum Gasteiger partial charge on any atom is 0.237 e. The number of carbonyl (C=O) groups excluding carboxylic acids is 1. The molecule has 1 atom stereocenters. The van der Waals surface area contributed by atoms with Crippen LogP contribution in [0.25, 0.3) is 0 Å². The van der Waals surface area contributed by atoms with E-state index in [1.165, 1.54) is 51.4 Å². The summed E-state index contributed by atoms with van der Waals surface area (Å²) in [6.07, 6.45) is 12.3. The number of nitrogens with zero attached hydrogens (tertiary/aromatic N) is 3. The molecule has 0 bridgehead atoms. The summed E-state index contributed by atoms with van der Waals surface area (Å²) < 4.78 is 2.13. The summed E-state index contributed by atoms with van der Waals surface area (Å²) in [7, 11) is 0. The molecule has 3 aliphatic rings. The molecule has 4 nitrogen and oxygen atoms in total. The van der Waals surface area contributed by atoms with E-state index in [0.717, 1.165) is 12.2 Å². The van der Waals surface area contributed by atoms with Crippen LogP contribution in [-0.4, -0.2) is 33.0 Å². The second-order valence-corrected chi connectivity index (χ2v) is 8.14. The van der Waals surface area contributed by atoms with Crippen LogP contribution in [0, 0.1) is 11.3 Å². The summed E-state index contributed by atoms with van der Waals surface area (Å²) in [5, 5.41) is 4.49. The molecule has 1 amide bonds. The number of aromatic nitrogens is 2. The van der Waals surface area contributed by atoms with E-state index < -0.39 is 0 Å². The first-order valence-electron chi connectivity index (χ1n) is 9.05. The minimum Gasteiger partial charge on any atom is -0.336 e. The fraction of sp³-hybridized carbons (Fsp3) is 0.778. The molecule has 0 N–H and O–H groups in total. The van der Waals surface area contributed by atoms with Gasteiger partial charge < -0.3 is 4.90 Å². The Labute approximate surface area is 143 Å². The number of carbonyl (C=O) groups is 1. The van der Waals surface area contributed by atoms with Crippen molar-refractivity contribution in [3.63, 3.8) is 0 Å². The lowest BCUT2D eigenvalue weighted by atomic mass is 9.93. The summed E-state index contributed by atoms with van der Waals surface area (Å²) in [6, 6.07) is 2.60. The zero-order chi connectivity index (χ0) is 15.9. The molecule has 0 saturated heterocycles. The van der Waals surface area contributed by atoms with Crippen LogP contribution < -0.4 is 0 Å². The van der Waals surface area contributed by atoms with Gasteiger partial charge in [-0.25, -0.2) is 0 Å². The molecule has 0 aromatic carbocycles. The molecule has 3 fully saturated rings. The summed E-state index contributed by atoms with van der Waals surface area (Å²) in [6.45, 7) is 1.52. The largest absolute Gasteiger partial charge is 0.336 e. The molecule has 0 radical (unpaired) electrons. The Morgan fingerprint density at radius 2 is 2.17 bits per heavy atom. The van der Waals surface area contributed by atoms with Crippen molar-refractivity contribution in [1.29, 1.82) is 0 Å². The van der Waals surface area contributed by atoms with E-state index >= 15 is 0 Å². The van der Waals surface area contributed by atoms with Crippen LogP contribution in [0.4, 0.5) is 0 Å². The maximum absolute atomic E-state index is 12.3. The summed E-state index contributed by atoms with van der Waals surface area (Å²) in [5.41, 5.74) is 1.82. The number of alkyl halides is 1. The van der Waals surface area contributed by atoms with Crippen molar-refractivity contribution in [3.05, 3.63) is 18.0 Å². The topological polar surface area (TPSA) is 38.1 Å². The number of rotatable bonds is 6. The van der Waals surface area contributed by atoms with E-state index in [4.69, 9.17) is 11.6 Å². The van der Waals surface area contributed by atoms with Crippen LogP contribution in [-0.2, 0) is 11.3 Å². The van der Waals surface area contributed by atoms with E-state index in [9.17, 15) is 4.79 Å². The molecule has 5 heteroatoms. The van der Waals surface area contributed by atoms with Crippen LogP contribution in [0.3, 0.4) is 0 Å². The fourth-order valence-electron chi connectivity index (χ4n) is 4.39. The Bertz CT molecular complexity index is 577. The first-order chi connectivity index (χ1) is 11.2. The van der Waals surface area contributed by atoms with Gasteiger partial charge in [-0.05, 0) is 68.8 Å². The number of hydrogen-bond acceptors (Lipinski definition) is 2. The van der Waals surface area contributed by atoms with Crippen LogP contribution in [0.1, 0.15) is 63.1 Å². The van der Waals surface area contributed by atoms with Gasteiger partial charge in [0.2, 0.25) is 5.91 Å². The van der Waals surface area contributed by atoms with Crippen molar-refractivity contribution in [2.45, 2.75) is 64.0 Å². The van der Waals surface area contributed by atoms with Crippen LogP contribution in [0.15, 0.2) is 12.3 Å². The standard InChI is InChI=1S/C18H26ClN3O/c19-11-17(23)21(12-14-4-6-18(10-14)7-8-18)13-16-5-9-20-22(16)15-2-1-3-15/h5,9,14-15H,1-4,6-8,10-13H2. The zero-order valence-electron chi connectivity index (χ0n) is 13.7. The predicted molar refractivity (Wildman–Crippen MR) is 90.3 cm³/mol. The molecule has 1 aromatic heterocycles. The molecule has 1 heterocycles. The molecule has 1 spiro atoms. The summed E-state index contributed by atoms with van der Waals surface area (Å²) >= 11 is 5.87. The second kappa shape index (κ2) is 6.12. The highest BCUT2D eigenvalue weighted by Crippen LogP contribution is 2.59. The molecule has 4 rings (SSSR count). The van der Waals surface area contributed by atoms with Crippen LogP contribution >= 0.6 is 11.6 Å². The monoisotopic (exact) mass is 335 g/mol. The zero-order valence-corrected chi connectivity index (χ0v) is 14.5. The van der Waals surface area contributed by atoms with Gasteiger partial charge in [-0.3, -0.25) is 9.48 Å². The average Bonchev–Trinajstić information content (AvgIpc) is 2.91. The average molecular weight is 336 g/mol. The lowest BCUT2D eigenvalue weighted by Crippen LogP contribution is -2.36. The van der Waals surface area contributed by atoms with Gasteiger partial charge >= 0.3 is 0 Å². The second-order valence-electron chi connectivity index (χ2n) is 7.87. The van der Waals surface area contributed by atoms with Crippen molar-refractivity contribution in [3.8, 4) is 0 Å². The van der Waals surface area contributed by atoms with Crippen molar-refractivity contribution in [1.82, 2.24) is 14.7 Å². The summed E-state index contributed by atoms with van der Waals surface area (Å²) in [5.74, 6) is 0.796. The van der Waals surface area contributed by atoms with Gasteiger partial charge in [0.25, 0.3) is 0 Å². The van der Waals surface area contributed by atoms with E-state index in [2.05, 4.69) is 15.8 Å². The Morgan fingerprint density at radius 1 is 1.35 bits per heavy atom. The predicted octanol–water partition coefficient (Wildman–Crippen LogP) is 3.76. The van der Waals surface area contributed by atoms with Gasteiger partial charge in [0.05, 0.1) is 18.3 Å². The molecule has 126 valence electrons. The quantitative estimate of drug-likeness (QED) is 0.742. The number of hydrogen-bond donors (Lipinski definition) is 0. The third-order valence-electron chi connectivity index (χ3n) is 6.23. The Hall–Kier alpha value is -1.03. The third-order valence-corrected chi connectivity index (χ3v) is 6.46. The first kappa shape index (κ1) is 15.5. The summed E-state index contributed by atoms with van der Waals surface area (Å²) in [4.78, 5) is 14.3. The Morgan fingerprint density at radius 3 is 2.78 bits per heavy atom. The molecule has 0 aliphatic heterocycles. The number of amides is 1. The number of halogens is 1. The fourth-order valence-corrected chi connectivity index (χ4v) is 4.56. The van der Waals surface area contributed by atoms with Crippen LogP contribution in [0.2, 0.25) is 0 Å². The van der Waals surface area contributed by atoms with Gasteiger partial charge in [-0.2, -0.15) is 5.10 Å². The Kier molecular flexibility index (Phi) is 4.12. The minimum absolute atomic E-state index is 0.0600. The SMILES string of the molecule is O=C(CCl)N(Cc1ccnn1C1CCC1)CC1CCC2(CC2)C1. The van der Waals surface area contributed by atoms with Gasteiger partial charge in [0, 0.05) is 12.7 Å². The lowest BCUT2D eigenvalue weighted by Gasteiger charge is -2.30. The van der Waals surface area contributed by atoms with E-state index in [-0.39, 0.29) is 11.8 Å². The van der Waals surface area contributed by atoms with Gasteiger partial charge in [-0.15, -0.1) is 11.6 Å². The molecule has 1 unspecified atom stereocenters. The highest BCUT2D eigenvalue weighted by atomic mass is 35.5.